The molecule has 1 aromatic heterocycles. The Labute approximate surface area is 120 Å². The molecule has 2 aromatic rings. The van der Waals surface area contributed by atoms with Crippen LogP contribution in [0.15, 0.2) is 42.6 Å². The number of carboxylic acids is 1. The number of aromatic carboxylic acids is 1. The summed E-state index contributed by atoms with van der Waals surface area (Å²) in [4.78, 5) is 26.8. The van der Waals surface area contributed by atoms with Gasteiger partial charge in [-0.2, -0.15) is 0 Å². The number of hydrogen-bond acceptors (Lipinski definition) is 4. The Bertz CT molecular complexity index is 659. The number of carbonyl (C=O) groups is 2. The van der Waals surface area contributed by atoms with Gasteiger partial charge in [-0.1, -0.05) is 6.07 Å². The molecule has 108 valence electrons. The second-order valence-corrected chi connectivity index (χ2v) is 4.16. The van der Waals surface area contributed by atoms with Gasteiger partial charge in [0.1, 0.15) is 5.75 Å². The number of carbonyl (C=O) groups excluding carboxylic acids is 1. The van der Waals surface area contributed by atoms with Crippen LogP contribution >= 0.6 is 0 Å². The summed E-state index contributed by atoms with van der Waals surface area (Å²) in [5.74, 6) is -1.43. The Morgan fingerprint density at radius 2 is 2.00 bits per heavy atom. The Balaban J connectivity index is 2.01. The van der Waals surface area contributed by atoms with Crippen LogP contribution in [0, 0.1) is 0 Å². The number of carboxylic acid groups (broad SMARTS) is 1. The van der Waals surface area contributed by atoms with Gasteiger partial charge in [0, 0.05) is 6.20 Å². The number of anilines is 1. The van der Waals surface area contributed by atoms with Crippen molar-refractivity contribution in [1.82, 2.24) is 10.3 Å². The number of aromatic nitrogens is 1. The van der Waals surface area contributed by atoms with Gasteiger partial charge in [0.15, 0.2) is 0 Å². The number of rotatable bonds is 4. The van der Waals surface area contributed by atoms with Crippen LogP contribution in [-0.4, -0.2) is 27.2 Å². The predicted octanol–water partition coefficient (Wildman–Crippen LogP) is 1.81. The first-order valence-corrected chi connectivity index (χ1v) is 6.07. The molecule has 0 radical (unpaired) electrons. The smallest absolute Gasteiger partial charge is 0.337 e. The Kier molecular flexibility index (Phi) is 4.35. The normalized spacial score (nSPS) is 9.90. The van der Waals surface area contributed by atoms with Gasteiger partial charge in [0.05, 0.1) is 23.5 Å². The average Bonchev–Trinajstić information content (AvgIpc) is 2.48. The molecule has 0 spiro atoms. The van der Waals surface area contributed by atoms with Crippen LogP contribution in [-0.2, 0) is 6.54 Å². The highest BCUT2D eigenvalue weighted by atomic mass is 16.4. The largest absolute Gasteiger partial charge is 0.508 e. The molecular formula is C14H13N3O4. The highest BCUT2D eigenvalue weighted by Crippen LogP contribution is 2.21. The molecule has 0 saturated carbocycles. The Morgan fingerprint density at radius 1 is 1.19 bits per heavy atom. The monoisotopic (exact) mass is 287 g/mol. The number of benzene rings is 1. The van der Waals surface area contributed by atoms with E-state index in [1.54, 1.807) is 24.4 Å². The summed E-state index contributed by atoms with van der Waals surface area (Å²) in [6.45, 7) is 0.215. The standard InChI is InChI=1S/C14H13N3O4/c18-10-4-5-12(11(7-10)13(19)20)17-14(21)16-8-9-3-1-2-6-15-9/h1-7,18H,8H2,(H,19,20)(H2,16,17,21). The molecule has 1 heterocycles. The fraction of sp³-hybridized carbons (Fsp3) is 0.0714. The number of urea groups is 1. The lowest BCUT2D eigenvalue weighted by molar-refractivity contribution is 0.0697. The van der Waals surface area contributed by atoms with E-state index in [1.807, 2.05) is 0 Å². The quantitative estimate of drug-likeness (QED) is 0.641. The maximum absolute atomic E-state index is 11.7. The highest BCUT2D eigenvalue weighted by molar-refractivity contribution is 6.00. The first kappa shape index (κ1) is 14.3. The second kappa shape index (κ2) is 6.38. The molecule has 21 heavy (non-hydrogen) atoms. The molecule has 0 aliphatic carbocycles. The highest BCUT2D eigenvalue weighted by Gasteiger charge is 2.13. The van der Waals surface area contributed by atoms with Crippen molar-refractivity contribution < 1.29 is 19.8 Å². The number of phenols is 1. The summed E-state index contributed by atoms with van der Waals surface area (Å²) in [6, 6.07) is 8.43. The number of hydrogen-bond donors (Lipinski definition) is 4. The van der Waals surface area contributed by atoms with E-state index in [0.29, 0.717) is 5.69 Å². The molecule has 0 aliphatic rings. The SMILES string of the molecule is O=C(NCc1ccccn1)Nc1ccc(O)cc1C(=O)O. The fourth-order valence-electron chi connectivity index (χ4n) is 1.66. The predicted molar refractivity (Wildman–Crippen MR) is 75.2 cm³/mol. The molecule has 1 aromatic carbocycles. The number of amides is 2. The summed E-state index contributed by atoms with van der Waals surface area (Å²) >= 11 is 0. The van der Waals surface area contributed by atoms with Crippen molar-refractivity contribution in [2.24, 2.45) is 0 Å². The molecule has 7 heteroatoms. The van der Waals surface area contributed by atoms with Crippen molar-refractivity contribution in [2.75, 3.05) is 5.32 Å². The Hall–Kier alpha value is -3.09. The van der Waals surface area contributed by atoms with Gasteiger partial charge in [-0.3, -0.25) is 4.98 Å². The van der Waals surface area contributed by atoms with Crippen LogP contribution in [0.2, 0.25) is 0 Å². The van der Waals surface area contributed by atoms with Crippen molar-refractivity contribution >= 4 is 17.7 Å². The van der Waals surface area contributed by atoms with Crippen LogP contribution in [0.25, 0.3) is 0 Å². The van der Waals surface area contributed by atoms with E-state index in [-0.39, 0.29) is 23.5 Å². The molecule has 2 amide bonds. The zero-order valence-electron chi connectivity index (χ0n) is 10.9. The van der Waals surface area contributed by atoms with Crippen LogP contribution in [0.3, 0.4) is 0 Å². The average molecular weight is 287 g/mol. The maximum atomic E-state index is 11.7. The van der Waals surface area contributed by atoms with Gasteiger partial charge in [-0.15, -0.1) is 0 Å². The second-order valence-electron chi connectivity index (χ2n) is 4.16. The van der Waals surface area contributed by atoms with Crippen LogP contribution in [0.1, 0.15) is 16.1 Å². The van der Waals surface area contributed by atoms with E-state index in [9.17, 15) is 14.7 Å². The summed E-state index contributed by atoms with van der Waals surface area (Å²) in [7, 11) is 0. The molecule has 4 N–H and O–H groups in total. The van der Waals surface area contributed by atoms with Crippen molar-refractivity contribution in [1.29, 1.82) is 0 Å². The molecule has 0 atom stereocenters. The summed E-state index contributed by atoms with van der Waals surface area (Å²) in [6.07, 6.45) is 1.61. The Morgan fingerprint density at radius 3 is 2.67 bits per heavy atom. The molecule has 0 fully saturated rings. The number of pyridine rings is 1. The van der Waals surface area contributed by atoms with E-state index in [0.717, 1.165) is 6.07 Å². The third-order valence-corrected chi connectivity index (χ3v) is 2.64. The lowest BCUT2D eigenvalue weighted by atomic mass is 10.1. The van der Waals surface area contributed by atoms with Crippen LogP contribution in [0.4, 0.5) is 10.5 Å². The first-order chi connectivity index (χ1) is 10.1. The molecule has 2 rings (SSSR count). The summed E-state index contributed by atoms with van der Waals surface area (Å²) < 4.78 is 0. The fourth-order valence-corrected chi connectivity index (χ4v) is 1.66. The van der Waals surface area contributed by atoms with Gasteiger partial charge >= 0.3 is 12.0 Å². The van der Waals surface area contributed by atoms with Gasteiger partial charge in [0.25, 0.3) is 0 Å². The molecule has 0 unspecified atom stereocenters. The first-order valence-electron chi connectivity index (χ1n) is 6.07. The minimum atomic E-state index is -1.24. The third kappa shape index (κ3) is 3.93. The number of nitrogens with zero attached hydrogens (tertiary/aromatic N) is 1. The topological polar surface area (TPSA) is 112 Å². The third-order valence-electron chi connectivity index (χ3n) is 2.64. The van der Waals surface area contributed by atoms with Gasteiger partial charge in [0.2, 0.25) is 0 Å². The van der Waals surface area contributed by atoms with E-state index < -0.39 is 12.0 Å². The van der Waals surface area contributed by atoms with Crippen molar-refractivity contribution in [2.45, 2.75) is 6.54 Å². The van der Waals surface area contributed by atoms with Gasteiger partial charge < -0.3 is 20.8 Å². The molecule has 0 aliphatic heterocycles. The van der Waals surface area contributed by atoms with Gasteiger partial charge in [-0.05, 0) is 30.3 Å². The zero-order chi connectivity index (χ0) is 15.2. The minimum absolute atomic E-state index is 0.0961. The van der Waals surface area contributed by atoms with Crippen molar-refractivity contribution in [3.8, 4) is 5.75 Å². The van der Waals surface area contributed by atoms with Gasteiger partial charge in [-0.25, -0.2) is 9.59 Å². The van der Waals surface area contributed by atoms with Crippen molar-refractivity contribution in [3.63, 3.8) is 0 Å². The lowest BCUT2D eigenvalue weighted by Crippen LogP contribution is -2.29. The number of aromatic hydroxyl groups is 1. The van der Waals surface area contributed by atoms with Crippen LogP contribution < -0.4 is 10.6 Å². The molecular weight excluding hydrogens is 274 g/mol. The number of phenolic OH excluding ortho intramolecular Hbond substituents is 1. The van der Waals surface area contributed by atoms with E-state index >= 15 is 0 Å². The lowest BCUT2D eigenvalue weighted by Gasteiger charge is -2.10. The zero-order valence-corrected chi connectivity index (χ0v) is 10.9. The molecule has 7 nitrogen and oxygen atoms in total. The van der Waals surface area contributed by atoms with Crippen molar-refractivity contribution in [3.05, 3.63) is 53.9 Å². The minimum Gasteiger partial charge on any atom is -0.508 e. The van der Waals surface area contributed by atoms with Crippen LogP contribution in [0.5, 0.6) is 5.75 Å². The summed E-state index contributed by atoms with van der Waals surface area (Å²) in [5, 5.41) is 23.3. The molecule has 0 bridgehead atoms. The van der Waals surface area contributed by atoms with E-state index in [1.165, 1.54) is 12.1 Å². The summed E-state index contributed by atoms with van der Waals surface area (Å²) in [5.41, 5.74) is 0.582. The van der Waals surface area contributed by atoms with E-state index in [2.05, 4.69) is 15.6 Å². The maximum Gasteiger partial charge on any atom is 0.337 e. The number of nitrogens with one attached hydrogen (secondary N) is 2. The van der Waals surface area contributed by atoms with E-state index in [4.69, 9.17) is 5.11 Å². The molecule has 0 saturated heterocycles.